The third-order valence-electron chi connectivity index (χ3n) is 5.69. The first-order valence-corrected chi connectivity index (χ1v) is 11.2. The van der Waals surface area contributed by atoms with Gasteiger partial charge in [0.2, 0.25) is 5.91 Å². The first-order valence-electron chi connectivity index (χ1n) is 9.81. The lowest BCUT2D eigenvalue weighted by atomic mass is 9.95. The van der Waals surface area contributed by atoms with Crippen molar-refractivity contribution in [1.82, 2.24) is 19.5 Å². The first-order chi connectivity index (χ1) is 13.6. The zero-order chi connectivity index (χ0) is 19.6. The fourth-order valence-electron chi connectivity index (χ4n) is 4.16. The van der Waals surface area contributed by atoms with Crippen LogP contribution in [-0.4, -0.2) is 46.9 Å². The van der Waals surface area contributed by atoms with E-state index >= 15 is 0 Å². The van der Waals surface area contributed by atoms with Crippen molar-refractivity contribution < 1.29 is 13.2 Å². The van der Waals surface area contributed by atoms with E-state index in [1.807, 2.05) is 0 Å². The van der Waals surface area contributed by atoms with Crippen molar-refractivity contribution >= 4 is 21.6 Å². The minimum atomic E-state index is -3.63. The van der Waals surface area contributed by atoms with Crippen LogP contribution in [0.3, 0.4) is 0 Å². The molecule has 1 atom stereocenters. The van der Waals surface area contributed by atoms with Crippen LogP contribution in [0.5, 0.6) is 0 Å². The zero-order valence-corrected chi connectivity index (χ0v) is 16.5. The Bertz CT molecular complexity index is 922. The molecule has 2 aromatic rings. The van der Waals surface area contributed by atoms with E-state index in [4.69, 9.17) is 0 Å². The summed E-state index contributed by atoms with van der Waals surface area (Å²) in [4.78, 5) is 16.5. The summed E-state index contributed by atoms with van der Waals surface area (Å²) in [7, 11) is -3.63. The van der Waals surface area contributed by atoms with Crippen LogP contribution in [-0.2, 0) is 14.8 Å². The number of hydrogen-bond acceptors (Lipinski definition) is 5. The molecule has 1 amide bonds. The molecule has 3 heterocycles. The summed E-state index contributed by atoms with van der Waals surface area (Å²) >= 11 is 0. The number of pyridine rings is 1. The monoisotopic (exact) mass is 403 g/mol. The smallest absolute Gasteiger partial charge is 0.260 e. The second-order valence-corrected chi connectivity index (χ2v) is 9.42. The maximum absolute atomic E-state index is 12.9. The largest absolute Gasteiger partial charge is 0.323 e. The minimum Gasteiger partial charge on any atom is -0.323 e. The Balaban J connectivity index is 1.50. The standard InChI is InChI=1S/C19H25N5O3S/c25-19(14-6-1-2-7-14)22-16-12-21-23-18(16)15-8-5-11-24(13-15)28(26,27)17-9-3-4-10-20-17/h3-4,9-10,12,14-15H,1-2,5-8,11,13H2,(H,21,23)(H,22,25). The number of carbonyl (C=O) groups excluding carboxylic acids is 1. The van der Waals surface area contributed by atoms with Crippen LogP contribution >= 0.6 is 0 Å². The Kier molecular flexibility index (Phi) is 5.45. The molecule has 0 aromatic carbocycles. The van der Waals surface area contributed by atoms with Crippen molar-refractivity contribution in [2.75, 3.05) is 18.4 Å². The second kappa shape index (κ2) is 8.00. The number of aromatic nitrogens is 3. The van der Waals surface area contributed by atoms with E-state index in [0.717, 1.165) is 44.2 Å². The molecule has 2 aromatic heterocycles. The van der Waals surface area contributed by atoms with E-state index in [2.05, 4.69) is 20.5 Å². The number of nitrogens with one attached hydrogen (secondary N) is 2. The third-order valence-corrected chi connectivity index (χ3v) is 7.47. The molecule has 9 heteroatoms. The lowest BCUT2D eigenvalue weighted by Crippen LogP contribution is -2.39. The number of hydrogen-bond donors (Lipinski definition) is 2. The van der Waals surface area contributed by atoms with Gasteiger partial charge in [0.05, 0.1) is 17.6 Å². The lowest BCUT2D eigenvalue weighted by Gasteiger charge is -2.31. The van der Waals surface area contributed by atoms with Crippen LogP contribution in [0, 0.1) is 5.92 Å². The van der Waals surface area contributed by atoms with Gasteiger partial charge in [0.25, 0.3) is 10.0 Å². The van der Waals surface area contributed by atoms with Gasteiger partial charge in [-0.25, -0.2) is 13.4 Å². The second-order valence-electron chi connectivity index (χ2n) is 7.54. The van der Waals surface area contributed by atoms with Crippen molar-refractivity contribution in [3.63, 3.8) is 0 Å². The Morgan fingerprint density at radius 2 is 2.00 bits per heavy atom. The van der Waals surface area contributed by atoms with Gasteiger partial charge < -0.3 is 5.32 Å². The van der Waals surface area contributed by atoms with Crippen LogP contribution in [0.1, 0.15) is 50.1 Å². The summed E-state index contributed by atoms with van der Waals surface area (Å²) in [5.74, 6) is 0.0534. The molecule has 2 aliphatic rings. The zero-order valence-electron chi connectivity index (χ0n) is 15.7. The number of aromatic amines is 1. The molecule has 1 aliphatic heterocycles. The number of nitrogens with zero attached hydrogens (tertiary/aromatic N) is 3. The highest BCUT2D eigenvalue weighted by atomic mass is 32.2. The van der Waals surface area contributed by atoms with Crippen LogP contribution < -0.4 is 5.32 Å². The van der Waals surface area contributed by atoms with Crippen LogP contribution in [0.25, 0.3) is 0 Å². The molecule has 150 valence electrons. The summed E-state index contributed by atoms with van der Waals surface area (Å²) in [5.41, 5.74) is 1.46. The summed E-state index contributed by atoms with van der Waals surface area (Å²) in [6.45, 7) is 0.806. The first kappa shape index (κ1) is 19.1. The summed E-state index contributed by atoms with van der Waals surface area (Å²) in [5, 5.41) is 10.2. The fourth-order valence-corrected chi connectivity index (χ4v) is 5.61. The molecular weight excluding hydrogens is 378 g/mol. The number of sulfonamides is 1. The molecule has 0 spiro atoms. The Morgan fingerprint density at radius 1 is 1.18 bits per heavy atom. The normalized spacial score (nSPS) is 21.6. The van der Waals surface area contributed by atoms with Gasteiger partial charge in [-0.1, -0.05) is 18.9 Å². The molecule has 28 heavy (non-hydrogen) atoms. The molecule has 4 rings (SSSR count). The van der Waals surface area contributed by atoms with Crippen molar-refractivity contribution in [2.45, 2.75) is 49.5 Å². The van der Waals surface area contributed by atoms with Gasteiger partial charge in [-0.15, -0.1) is 0 Å². The van der Waals surface area contributed by atoms with Crippen LogP contribution in [0.15, 0.2) is 35.6 Å². The summed E-state index contributed by atoms with van der Waals surface area (Å²) in [6.07, 6.45) is 8.73. The minimum absolute atomic E-state index is 0.0360. The molecule has 0 radical (unpaired) electrons. The number of anilines is 1. The van der Waals surface area contributed by atoms with E-state index in [9.17, 15) is 13.2 Å². The molecule has 8 nitrogen and oxygen atoms in total. The predicted octanol–water partition coefficient (Wildman–Crippen LogP) is 2.50. The Hall–Kier alpha value is -2.26. The van der Waals surface area contributed by atoms with E-state index < -0.39 is 10.0 Å². The Labute approximate surface area is 164 Å². The number of rotatable bonds is 5. The summed E-state index contributed by atoms with van der Waals surface area (Å²) in [6, 6.07) is 4.89. The van der Waals surface area contributed by atoms with Crippen molar-refractivity contribution in [2.24, 2.45) is 5.92 Å². The van der Waals surface area contributed by atoms with Crippen LogP contribution in [0.4, 0.5) is 5.69 Å². The number of amides is 1. The SMILES string of the molecule is O=C(Nc1cn[nH]c1C1CCCN(S(=O)(=O)c2ccccn2)C1)C1CCCC1. The average molecular weight is 404 g/mol. The molecule has 2 fully saturated rings. The molecule has 1 saturated carbocycles. The number of H-pyrrole nitrogens is 1. The maximum Gasteiger partial charge on any atom is 0.260 e. The van der Waals surface area contributed by atoms with Crippen LogP contribution in [0.2, 0.25) is 0 Å². The topological polar surface area (TPSA) is 108 Å². The van der Waals surface area contributed by atoms with Gasteiger partial charge in [-0.05, 0) is 37.8 Å². The van der Waals surface area contributed by atoms with Gasteiger partial charge >= 0.3 is 0 Å². The Morgan fingerprint density at radius 3 is 2.75 bits per heavy atom. The molecular formula is C19H25N5O3S. The summed E-state index contributed by atoms with van der Waals surface area (Å²) < 4.78 is 27.3. The fraction of sp³-hybridized carbons (Fsp3) is 0.526. The third kappa shape index (κ3) is 3.81. The highest BCUT2D eigenvalue weighted by molar-refractivity contribution is 7.89. The lowest BCUT2D eigenvalue weighted by molar-refractivity contribution is -0.119. The molecule has 1 unspecified atom stereocenters. The van der Waals surface area contributed by atoms with E-state index in [1.165, 1.54) is 16.6 Å². The van der Waals surface area contributed by atoms with Gasteiger partial charge in [-0.3, -0.25) is 9.89 Å². The molecule has 2 N–H and O–H groups in total. The molecule has 1 saturated heterocycles. The van der Waals surface area contributed by atoms with Gasteiger partial charge in [-0.2, -0.15) is 9.40 Å². The van der Waals surface area contributed by atoms with Gasteiger partial charge in [0, 0.05) is 31.1 Å². The molecule has 0 bridgehead atoms. The van der Waals surface area contributed by atoms with Gasteiger partial charge in [0.1, 0.15) is 0 Å². The van der Waals surface area contributed by atoms with E-state index in [-0.39, 0.29) is 22.8 Å². The van der Waals surface area contributed by atoms with Crippen molar-refractivity contribution in [1.29, 1.82) is 0 Å². The number of piperidine rings is 1. The quantitative estimate of drug-likeness (QED) is 0.797. The van der Waals surface area contributed by atoms with Crippen molar-refractivity contribution in [3.05, 3.63) is 36.3 Å². The van der Waals surface area contributed by atoms with Gasteiger partial charge in [0.15, 0.2) is 5.03 Å². The van der Waals surface area contributed by atoms with E-state index in [1.54, 1.807) is 18.3 Å². The van der Waals surface area contributed by atoms with Crippen molar-refractivity contribution in [3.8, 4) is 0 Å². The molecule has 1 aliphatic carbocycles. The average Bonchev–Trinajstić information content (AvgIpc) is 3.41. The maximum atomic E-state index is 12.9. The number of carbonyl (C=O) groups is 1. The highest BCUT2D eigenvalue weighted by Gasteiger charge is 2.33. The highest BCUT2D eigenvalue weighted by Crippen LogP contribution is 2.33. The van der Waals surface area contributed by atoms with E-state index in [0.29, 0.717) is 18.8 Å². The predicted molar refractivity (Wildman–Crippen MR) is 104 cm³/mol.